The summed E-state index contributed by atoms with van der Waals surface area (Å²) >= 11 is 6.52. The number of benzene rings is 1. The van der Waals surface area contributed by atoms with Crippen LogP contribution in [0.1, 0.15) is 23.6 Å². The summed E-state index contributed by atoms with van der Waals surface area (Å²) in [6, 6.07) is 13.8. The van der Waals surface area contributed by atoms with Gasteiger partial charge in [-0.15, -0.1) is 0 Å². The molecule has 0 saturated carbocycles. The summed E-state index contributed by atoms with van der Waals surface area (Å²) in [7, 11) is 0. The molecule has 0 spiro atoms. The van der Waals surface area contributed by atoms with E-state index in [9.17, 15) is 9.59 Å². The van der Waals surface area contributed by atoms with Gasteiger partial charge in [-0.25, -0.2) is 4.98 Å². The van der Waals surface area contributed by atoms with Crippen LogP contribution in [0, 0.1) is 6.92 Å². The molecule has 8 heteroatoms. The van der Waals surface area contributed by atoms with Crippen LogP contribution in [0.2, 0.25) is 0 Å². The molecule has 4 rings (SSSR count). The fourth-order valence-corrected chi connectivity index (χ4v) is 4.82. The van der Waals surface area contributed by atoms with Crippen LogP contribution in [0.5, 0.6) is 0 Å². The summed E-state index contributed by atoms with van der Waals surface area (Å²) < 4.78 is 2.02. The minimum absolute atomic E-state index is 0.179. The molecule has 0 bridgehead atoms. The average Bonchev–Trinajstić information content (AvgIpc) is 3.04. The number of hydrogen-bond donors (Lipinski definition) is 1. The summed E-state index contributed by atoms with van der Waals surface area (Å²) in [6.45, 7) is 4.90. The average molecular weight is 451 g/mol. The zero-order valence-electron chi connectivity index (χ0n) is 17.3. The van der Waals surface area contributed by atoms with Crippen LogP contribution in [0.4, 0.5) is 5.82 Å². The molecule has 3 heterocycles. The molecule has 6 nitrogen and oxygen atoms in total. The lowest BCUT2D eigenvalue weighted by Crippen LogP contribution is -2.27. The fourth-order valence-electron chi connectivity index (χ4n) is 3.45. The van der Waals surface area contributed by atoms with E-state index in [1.807, 2.05) is 44.2 Å². The first-order chi connectivity index (χ1) is 15.0. The highest BCUT2D eigenvalue weighted by Gasteiger charge is 2.31. The van der Waals surface area contributed by atoms with Crippen LogP contribution in [0.15, 0.2) is 58.4 Å². The zero-order valence-corrected chi connectivity index (χ0v) is 18.9. The number of aromatic nitrogens is 2. The highest BCUT2D eigenvalue weighted by atomic mass is 32.2. The van der Waals surface area contributed by atoms with E-state index in [-0.39, 0.29) is 11.5 Å². The first-order valence-corrected chi connectivity index (χ1v) is 11.3. The Kier molecular flexibility index (Phi) is 6.20. The monoisotopic (exact) mass is 450 g/mol. The van der Waals surface area contributed by atoms with E-state index >= 15 is 0 Å². The quantitative estimate of drug-likeness (QED) is 0.454. The summed E-state index contributed by atoms with van der Waals surface area (Å²) in [5.74, 6) is 0.290. The number of nitrogens with zero attached hydrogens (tertiary/aromatic N) is 3. The van der Waals surface area contributed by atoms with Crippen LogP contribution < -0.4 is 10.9 Å². The number of hydrogen-bond acceptors (Lipinski definition) is 6. The number of thioether (sulfide) groups is 1. The summed E-state index contributed by atoms with van der Waals surface area (Å²) in [6.07, 6.45) is 4.09. The van der Waals surface area contributed by atoms with Crippen molar-refractivity contribution in [1.82, 2.24) is 14.3 Å². The SMILES string of the molecule is CCN1C(=O)C(=Cc2c(NCCc3ccccc3)nc3c(C)cccn3c2=O)SC1=S. The number of rotatable bonds is 6. The Balaban J connectivity index is 1.75. The third-order valence-electron chi connectivity index (χ3n) is 5.10. The molecule has 1 aliphatic heterocycles. The van der Waals surface area contributed by atoms with Gasteiger partial charge in [-0.3, -0.25) is 18.9 Å². The molecule has 2 aromatic heterocycles. The second-order valence-corrected chi connectivity index (χ2v) is 8.83. The second-order valence-electron chi connectivity index (χ2n) is 7.15. The molecule has 1 amide bonds. The lowest BCUT2D eigenvalue weighted by atomic mass is 10.1. The van der Waals surface area contributed by atoms with Gasteiger partial charge in [0.05, 0.1) is 10.5 Å². The van der Waals surface area contributed by atoms with Crippen molar-refractivity contribution in [1.29, 1.82) is 0 Å². The maximum atomic E-state index is 13.3. The van der Waals surface area contributed by atoms with Gasteiger partial charge in [-0.1, -0.05) is 60.4 Å². The van der Waals surface area contributed by atoms with Gasteiger partial charge in [0.25, 0.3) is 11.5 Å². The van der Waals surface area contributed by atoms with E-state index in [4.69, 9.17) is 17.2 Å². The van der Waals surface area contributed by atoms with Crippen LogP contribution in [-0.4, -0.2) is 37.6 Å². The first kappa shape index (κ1) is 21.3. The molecule has 0 aliphatic carbocycles. The van der Waals surface area contributed by atoms with E-state index < -0.39 is 0 Å². The standard InChI is InChI=1S/C23H22N4O2S2/c1-3-26-22(29)18(31-23(26)30)14-17-19(24-12-11-16-9-5-4-6-10-16)25-20-15(2)8-7-13-27(20)21(17)28/h4-10,13-14,24H,3,11-12H2,1-2H3. The highest BCUT2D eigenvalue weighted by Crippen LogP contribution is 2.32. The number of anilines is 1. The van der Waals surface area contributed by atoms with Gasteiger partial charge in [0, 0.05) is 19.3 Å². The van der Waals surface area contributed by atoms with Crippen molar-refractivity contribution < 1.29 is 4.79 Å². The number of carbonyl (C=O) groups is 1. The molecule has 1 saturated heterocycles. The van der Waals surface area contributed by atoms with Crippen LogP contribution in [-0.2, 0) is 11.2 Å². The van der Waals surface area contributed by atoms with Crippen molar-refractivity contribution in [2.24, 2.45) is 0 Å². The highest BCUT2D eigenvalue weighted by molar-refractivity contribution is 8.26. The van der Waals surface area contributed by atoms with E-state index in [1.165, 1.54) is 26.6 Å². The van der Waals surface area contributed by atoms with Gasteiger partial charge >= 0.3 is 0 Å². The van der Waals surface area contributed by atoms with Gasteiger partial charge in [-0.05, 0) is 43.5 Å². The van der Waals surface area contributed by atoms with Gasteiger partial charge in [0.1, 0.15) is 15.8 Å². The van der Waals surface area contributed by atoms with E-state index in [0.717, 1.165) is 12.0 Å². The van der Waals surface area contributed by atoms with Gasteiger partial charge in [0.15, 0.2) is 0 Å². The molecule has 1 fully saturated rings. The summed E-state index contributed by atoms with van der Waals surface area (Å²) in [5.41, 5.74) is 2.81. The lowest BCUT2D eigenvalue weighted by Gasteiger charge is -2.12. The molecule has 31 heavy (non-hydrogen) atoms. The minimum atomic E-state index is -0.224. The maximum absolute atomic E-state index is 13.3. The number of aryl methyl sites for hydroxylation is 1. The Hall–Kier alpha value is -2.97. The van der Waals surface area contributed by atoms with Crippen LogP contribution in [0.3, 0.4) is 0 Å². The Morgan fingerprint density at radius 3 is 2.65 bits per heavy atom. The second kappa shape index (κ2) is 9.03. The molecule has 158 valence electrons. The van der Waals surface area contributed by atoms with Crippen molar-refractivity contribution in [3.8, 4) is 0 Å². The van der Waals surface area contributed by atoms with Crippen molar-refractivity contribution in [3.63, 3.8) is 0 Å². The van der Waals surface area contributed by atoms with Crippen molar-refractivity contribution in [3.05, 3.63) is 80.6 Å². The first-order valence-electron chi connectivity index (χ1n) is 10.0. The third kappa shape index (κ3) is 4.26. The lowest BCUT2D eigenvalue weighted by molar-refractivity contribution is -0.121. The predicted molar refractivity (Wildman–Crippen MR) is 130 cm³/mol. The molecule has 1 N–H and O–H groups in total. The Morgan fingerprint density at radius 2 is 1.94 bits per heavy atom. The Bertz CT molecular complexity index is 1250. The number of nitrogens with one attached hydrogen (secondary N) is 1. The topological polar surface area (TPSA) is 66.7 Å². The number of carbonyl (C=O) groups excluding carboxylic acids is 1. The summed E-state index contributed by atoms with van der Waals surface area (Å²) in [4.78, 5) is 32.7. The van der Waals surface area contributed by atoms with Gasteiger partial charge in [-0.2, -0.15) is 0 Å². The number of likely N-dealkylation sites (N-methyl/N-ethyl adjacent to an activating group) is 1. The molecule has 0 atom stereocenters. The molecular formula is C23H22N4O2S2. The summed E-state index contributed by atoms with van der Waals surface area (Å²) in [5, 5.41) is 3.31. The Morgan fingerprint density at radius 1 is 1.16 bits per heavy atom. The van der Waals surface area contributed by atoms with Gasteiger partial charge in [0.2, 0.25) is 0 Å². The molecule has 1 aliphatic rings. The van der Waals surface area contributed by atoms with Crippen LogP contribution in [0.25, 0.3) is 11.7 Å². The smallest absolute Gasteiger partial charge is 0.267 e. The van der Waals surface area contributed by atoms with Crippen LogP contribution >= 0.6 is 24.0 Å². The largest absolute Gasteiger partial charge is 0.369 e. The number of fused-ring (bicyclic) bond motifs is 1. The Labute approximate surface area is 190 Å². The molecule has 0 radical (unpaired) electrons. The third-order valence-corrected chi connectivity index (χ3v) is 6.48. The number of pyridine rings is 1. The van der Waals surface area contributed by atoms with Gasteiger partial charge < -0.3 is 5.32 Å². The normalized spacial score (nSPS) is 15.3. The fraction of sp³-hybridized carbons (Fsp3) is 0.217. The molecular weight excluding hydrogens is 428 g/mol. The van der Waals surface area contributed by atoms with E-state index in [2.05, 4.69) is 17.4 Å². The van der Waals surface area contributed by atoms with Crippen molar-refractivity contribution in [2.45, 2.75) is 20.3 Å². The maximum Gasteiger partial charge on any atom is 0.267 e. The number of amides is 1. The van der Waals surface area contributed by atoms with E-state index in [1.54, 1.807) is 12.3 Å². The van der Waals surface area contributed by atoms with Crippen molar-refractivity contribution in [2.75, 3.05) is 18.4 Å². The molecule has 0 unspecified atom stereocenters. The van der Waals surface area contributed by atoms with E-state index in [0.29, 0.717) is 39.3 Å². The zero-order chi connectivity index (χ0) is 22.0. The number of thiocarbonyl (C=S) groups is 1. The molecule has 3 aromatic rings. The minimum Gasteiger partial charge on any atom is -0.369 e. The predicted octanol–water partition coefficient (Wildman–Crippen LogP) is 3.88. The molecule has 1 aromatic carbocycles. The van der Waals surface area contributed by atoms with Crippen molar-refractivity contribution >= 4 is 51.7 Å².